The van der Waals surface area contributed by atoms with Gasteiger partial charge in [0.25, 0.3) is 5.91 Å². The minimum absolute atomic E-state index is 0.0457. The van der Waals surface area contributed by atoms with Crippen molar-refractivity contribution in [2.24, 2.45) is 16.7 Å². The SMILES string of the molecule is CN[C@@H](C)C(=O)N[C@H](C(=O)N1C[C@@H](CC(=O)c2ccc3cc(C(=O)N[C@H]4C[C@@H](C(=O)N[C@@H]5CCCc6ccccc65)N(C(=O)[C@@H](NC(=O)[C@H](C)NC)C(C)(C)C)C4)ccc3c2)C[C@H]1C(=O)N[C@@H]1CCCc2ccccc21)C(C)(C)C. The van der Waals surface area contributed by atoms with Gasteiger partial charge in [-0.05, 0) is 147 Å². The monoisotopic (exact) mass is 1090 g/mol. The summed E-state index contributed by atoms with van der Waals surface area (Å²) in [4.78, 5) is 116. The van der Waals surface area contributed by atoms with Gasteiger partial charge in [-0.2, -0.15) is 0 Å². The second-order valence-electron chi connectivity index (χ2n) is 24.9. The number of carbonyl (C=O) groups excluding carboxylic acids is 8. The third-order valence-electron chi connectivity index (χ3n) is 16.9. The zero-order valence-corrected chi connectivity index (χ0v) is 48.3. The Labute approximate surface area is 471 Å². The van der Waals surface area contributed by atoms with Crippen molar-refractivity contribution in [1.29, 1.82) is 0 Å². The number of aryl methyl sites for hydroxylation is 2. The van der Waals surface area contributed by atoms with E-state index in [1.165, 1.54) is 16.0 Å². The normalized spacial score (nSPS) is 22.4. The van der Waals surface area contributed by atoms with Crippen LogP contribution in [-0.2, 0) is 41.6 Å². The molecule has 80 heavy (non-hydrogen) atoms. The molecule has 17 heteroatoms. The Bertz CT molecular complexity index is 2800. The van der Waals surface area contributed by atoms with Crippen molar-refractivity contribution in [3.8, 4) is 0 Å². The number of Topliss-reactive ketones (excluding diaryl/α,β-unsaturated/α-hetero) is 1. The highest BCUT2D eigenvalue weighted by atomic mass is 16.2. The summed E-state index contributed by atoms with van der Waals surface area (Å²) >= 11 is 0. The third-order valence-corrected chi connectivity index (χ3v) is 16.9. The molecule has 10 atom stereocenters. The molecular formula is C63H83N9O8. The van der Waals surface area contributed by atoms with Crippen molar-refractivity contribution in [3.05, 3.63) is 118 Å². The number of likely N-dealkylation sites (tertiary alicyclic amines) is 2. The van der Waals surface area contributed by atoms with Crippen LogP contribution in [-0.4, -0.2) is 126 Å². The summed E-state index contributed by atoms with van der Waals surface area (Å²) in [6, 6.07) is 20.8. The van der Waals surface area contributed by atoms with E-state index < -0.39 is 64.9 Å². The summed E-state index contributed by atoms with van der Waals surface area (Å²) in [7, 11) is 3.34. The van der Waals surface area contributed by atoms with Crippen molar-refractivity contribution in [1.82, 2.24) is 47.0 Å². The van der Waals surface area contributed by atoms with Crippen LogP contribution in [0.5, 0.6) is 0 Å². The molecule has 17 nitrogen and oxygen atoms in total. The van der Waals surface area contributed by atoms with Gasteiger partial charge in [0.1, 0.15) is 24.2 Å². The predicted molar refractivity (Wildman–Crippen MR) is 308 cm³/mol. The van der Waals surface area contributed by atoms with E-state index in [1.807, 2.05) is 77.9 Å². The van der Waals surface area contributed by atoms with E-state index in [0.29, 0.717) is 16.5 Å². The Morgan fingerprint density at radius 1 is 0.562 bits per heavy atom. The highest BCUT2D eigenvalue weighted by molar-refractivity contribution is 6.03. The van der Waals surface area contributed by atoms with Crippen LogP contribution in [0.15, 0.2) is 84.9 Å². The van der Waals surface area contributed by atoms with Gasteiger partial charge in [0, 0.05) is 36.7 Å². The summed E-state index contributed by atoms with van der Waals surface area (Å²) in [5.74, 6) is -3.00. The van der Waals surface area contributed by atoms with Crippen molar-refractivity contribution >= 4 is 57.9 Å². The Morgan fingerprint density at radius 2 is 1.01 bits per heavy atom. The van der Waals surface area contributed by atoms with E-state index in [4.69, 9.17) is 0 Å². The minimum atomic E-state index is -0.965. The van der Waals surface area contributed by atoms with Crippen LogP contribution in [0.2, 0.25) is 0 Å². The van der Waals surface area contributed by atoms with E-state index in [0.717, 1.165) is 55.0 Å². The van der Waals surface area contributed by atoms with Crippen LogP contribution in [0, 0.1) is 16.7 Å². The Morgan fingerprint density at radius 3 is 1.50 bits per heavy atom. The maximum Gasteiger partial charge on any atom is 0.251 e. The number of likely N-dealkylation sites (N-methyl/N-ethyl adjacent to an activating group) is 2. The van der Waals surface area contributed by atoms with Crippen molar-refractivity contribution in [2.75, 3.05) is 27.2 Å². The summed E-state index contributed by atoms with van der Waals surface area (Å²) in [5, 5.41) is 22.8. The molecule has 7 N–H and O–H groups in total. The minimum Gasteiger partial charge on any atom is -0.347 e. The maximum absolute atomic E-state index is 14.7. The van der Waals surface area contributed by atoms with E-state index >= 15 is 0 Å². The van der Waals surface area contributed by atoms with Crippen LogP contribution < -0.4 is 37.2 Å². The van der Waals surface area contributed by atoms with Gasteiger partial charge in [-0.1, -0.05) is 108 Å². The first-order valence-electron chi connectivity index (χ1n) is 28.7. The number of carbonyl (C=O) groups is 8. The molecule has 4 aromatic rings. The number of fused-ring (bicyclic) bond motifs is 3. The summed E-state index contributed by atoms with van der Waals surface area (Å²) < 4.78 is 0. The fraction of sp³-hybridized carbons (Fsp3) is 0.524. The van der Waals surface area contributed by atoms with Gasteiger partial charge in [-0.25, -0.2) is 0 Å². The average molecular weight is 1090 g/mol. The third kappa shape index (κ3) is 13.4. The average Bonchev–Trinajstić information content (AvgIpc) is 4.11. The largest absolute Gasteiger partial charge is 0.347 e. The van der Waals surface area contributed by atoms with E-state index in [2.05, 4.69) is 49.4 Å². The number of hydrogen-bond donors (Lipinski definition) is 7. The smallest absolute Gasteiger partial charge is 0.251 e. The van der Waals surface area contributed by atoms with E-state index in [-0.39, 0.29) is 85.7 Å². The highest BCUT2D eigenvalue weighted by Gasteiger charge is 2.48. The molecule has 0 saturated carbocycles. The number of rotatable bonds is 17. The van der Waals surface area contributed by atoms with Crippen LogP contribution in [0.3, 0.4) is 0 Å². The summed E-state index contributed by atoms with van der Waals surface area (Å²) in [6.07, 6.45) is 5.66. The van der Waals surface area contributed by atoms with Crippen LogP contribution in [0.4, 0.5) is 0 Å². The number of nitrogens with zero attached hydrogens (tertiary/aromatic N) is 2. The van der Waals surface area contributed by atoms with Gasteiger partial charge < -0.3 is 47.0 Å². The molecule has 0 aromatic heterocycles. The highest BCUT2D eigenvalue weighted by Crippen LogP contribution is 2.36. The first kappa shape index (κ1) is 59.1. The lowest BCUT2D eigenvalue weighted by atomic mass is 9.85. The Balaban J connectivity index is 0.976. The predicted octanol–water partition coefficient (Wildman–Crippen LogP) is 5.99. The summed E-state index contributed by atoms with van der Waals surface area (Å²) in [6.45, 7) is 14.8. The lowest BCUT2D eigenvalue weighted by molar-refractivity contribution is -0.144. The Hall–Kier alpha value is -6.98. The molecule has 2 saturated heterocycles. The molecule has 0 bridgehead atoms. The fourth-order valence-electron chi connectivity index (χ4n) is 12.0. The first-order chi connectivity index (χ1) is 37.9. The Kier molecular flexibility index (Phi) is 18.3. The summed E-state index contributed by atoms with van der Waals surface area (Å²) in [5.41, 5.74) is 3.87. The molecule has 8 rings (SSSR count). The van der Waals surface area contributed by atoms with Gasteiger partial charge in [0.2, 0.25) is 35.4 Å². The number of amides is 7. The number of benzene rings is 4. The molecule has 2 aliphatic carbocycles. The van der Waals surface area contributed by atoms with Crippen LogP contribution in [0.25, 0.3) is 10.8 Å². The molecule has 2 heterocycles. The van der Waals surface area contributed by atoms with Gasteiger partial charge >= 0.3 is 0 Å². The number of nitrogens with one attached hydrogen (secondary N) is 7. The van der Waals surface area contributed by atoms with Gasteiger partial charge in [-0.15, -0.1) is 0 Å². The van der Waals surface area contributed by atoms with Crippen molar-refractivity contribution in [2.45, 2.75) is 168 Å². The topological polar surface area (TPSA) is 227 Å². The standard InChI is InChI=1S/C63H83N9O8/c1-36(64-9)55(74)69-53(62(3,4)5)60(79)71-34-38(29-50(71)58(77)67-48-23-15-19-39-17-11-13-21-46(39)48)30-52(73)43-27-25-42-32-44(28-26-41(42)31-43)57(76)66-45-33-51(59(78)68-49-24-16-20-40-18-12-14-22-47(40)49)72(35-45)61(80)54(63(6,7)8)70-56(75)37(2)65-10/h11-14,17-18,21-22,25-28,31-32,36-38,45,48-51,53-54,64-65H,15-16,19-20,23-24,29-30,33-35H2,1-10H3,(H,66,76)(H,67,77)(H,68,78)(H,69,74)(H,70,75)/t36-,37-,38+,45-,48+,49+,50-,51-,53+,54+/m0/s1. The van der Waals surface area contributed by atoms with Crippen molar-refractivity contribution < 1.29 is 38.4 Å². The molecule has 0 unspecified atom stereocenters. The fourth-order valence-corrected chi connectivity index (χ4v) is 12.0. The lowest BCUT2D eigenvalue weighted by Gasteiger charge is -2.36. The quantitative estimate of drug-likeness (QED) is 0.0611. The second-order valence-corrected chi connectivity index (χ2v) is 24.9. The molecule has 0 spiro atoms. The molecular weight excluding hydrogens is 1010 g/mol. The van der Waals surface area contributed by atoms with E-state index in [1.54, 1.807) is 69.2 Å². The molecule has 4 aliphatic rings. The number of ketones is 1. The lowest BCUT2D eigenvalue weighted by Crippen LogP contribution is -2.59. The molecule has 0 radical (unpaired) electrons. The first-order valence-corrected chi connectivity index (χ1v) is 28.7. The molecule has 7 amide bonds. The number of hydrogen-bond acceptors (Lipinski definition) is 10. The van der Waals surface area contributed by atoms with Gasteiger partial charge in [0.05, 0.1) is 24.2 Å². The molecule has 2 aliphatic heterocycles. The second kappa shape index (κ2) is 24.8. The van der Waals surface area contributed by atoms with Gasteiger partial charge in [-0.3, -0.25) is 38.4 Å². The maximum atomic E-state index is 14.7. The molecule has 428 valence electrons. The molecule has 2 fully saturated rings. The van der Waals surface area contributed by atoms with Crippen LogP contribution >= 0.6 is 0 Å². The van der Waals surface area contributed by atoms with Gasteiger partial charge in [0.15, 0.2) is 5.78 Å². The molecule has 4 aromatic carbocycles. The zero-order chi connectivity index (χ0) is 57.8. The zero-order valence-electron chi connectivity index (χ0n) is 48.3. The van der Waals surface area contributed by atoms with Crippen LogP contribution in [0.1, 0.15) is 155 Å². The van der Waals surface area contributed by atoms with Crippen molar-refractivity contribution in [3.63, 3.8) is 0 Å². The van der Waals surface area contributed by atoms with E-state index in [9.17, 15) is 38.4 Å².